The largest absolute Gasteiger partial charge is 0.343 e. The monoisotopic (exact) mass is 238 g/mol. The predicted octanol–water partition coefficient (Wildman–Crippen LogP) is 2.02. The summed E-state index contributed by atoms with van der Waals surface area (Å²) < 4.78 is 0. The quantitative estimate of drug-likeness (QED) is 0.795. The fourth-order valence-electron chi connectivity index (χ4n) is 2.80. The van der Waals surface area contributed by atoms with Crippen molar-refractivity contribution < 1.29 is 4.79 Å². The molecule has 0 aromatic carbocycles. The number of carbonyl (C=O) groups is 1. The van der Waals surface area contributed by atoms with E-state index in [2.05, 4.69) is 12.2 Å². The summed E-state index contributed by atoms with van der Waals surface area (Å²) in [5, 5.41) is 3.37. The minimum absolute atomic E-state index is 0.350. The van der Waals surface area contributed by atoms with Crippen molar-refractivity contribution in [3.8, 4) is 0 Å². The lowest BCUT2D eigenvalue weighted by molar-refractivity contribution is -0.132. The van der Waals surface area contributed by atoms with Gasteiger partial charge in [0.1, 0.15) is 0 Å². The molecule has 1 atom stereocenters. The molecule has 2 fully saturated rings. The zero-order chi connectivity index (χ0) is 12.3. The molecule has 1 aliphatic carbocycles. The summed E-state index contributed by atoms with van der Waals surface area (Å²) in [7, 11) is 1.98. The van der Waals surface area contributed by atoms with E-state index in [9.17, 15) is 4.79 Å². The summed E-state index contributed by atoms with van der Waals surface area (Å²) in [5.41, 5.74) is 0. The summed E-state index contributed by atoms with van der Waals surface area (Å²) in [4.78, 5) is 14.1. The van der Waals surface area contributed by atoms with Crippen LogP contribution >= 0.6 is 0 Å². The molecule has 2 aliphatic rings. The molecule has 0 radical (unpaired) electrons. The Morgan fingerprint density at radius 2 is 1.94 bits per heavy atom. The molecule has 1 saturated heterocycles. The fraction of sp³-hybridized carbons (Fsp3) is 0.929. The van der Waals surface area contributed by atoms with Crippen molar-refractivity contribution in [3.63, 3.8) is 0 Å². The topological polar surface area (TPSA) is 32.3 Å². The number of carbonyl (C=O) groups excluding carboxylic acids is 1. The lowest BCUT2D eigenvalue weighted by Gasteiger charge is -2.27. The maximum Gasteiger partial charge on any atom is 0.222 e. The van der Waals surface area contributed by atoms with Gasteiger partial charge in [0.05, 0.1) is 0 Å². The number of piperidine rings is 1. The van der Waals surface area contributed by atoms with E-state index in [0.29, 0.717) is 11.9 Å². The van der Waals surface area contributed by atoms with Crippen LogP contribution in [0.2, 0.25) is 0 Å². The van der Waals surface area contributed by atoms with E-state index >= 15 is 0 Å². The molecule has 17 heavy (non-hydrogen) atoms. The molecule has 0 aromatic heterocycles. The van der Waals surface area contributed by atoms with Crippen molar-refractivity contribution in [1.82, 2.24) is 10.2 Å². The molecular weight excluding hydrogens is 212 g/mol. The van der Waals surface area contributed by atoms with Gasteiger partial charge in [0, 0.05) is 19.5 Å². The Morgan fingerprint density at radius 3 is 2.53 bits per heavy atom. The van der Waals surface area contributed by atoms with Gasteiger partial charge in [-0.3, -0.25) is 4.79 Å². The molecule has 1 heterocycles. The molecule has 0 bridgehead atoms. The molecule has 1 saturated carbocycles. The number of nitrogens with one attached hydrogen (secondary N) is 1. The average Bonchev–Trinajstić information content (AvgIpc) is 3.19. The summed E-state index contributed by atoms with van der Waals surface area (Å²) in [6.45, 7) is 4.46. The van der Waals surface area contributed by atoms with Crippen molar-refractivity contribution in [2.24, 2.45) is 11.8 Å². The SMILES string of the molecule is CC(C1CC1)N(C)C(=O)CCC1CCNCC1. The minimum atomic E-state index is 0.350. The van der Waals surface area contributed by atoms with E-state index in [1.165, 1.54) is 25.7 Å². The van der Waals surface area contributed by atoms with Crippen molar-refractivity contribution in [3.05, 3.63) is 0 Å². The Morgan fingerprint density at radius 1 is 1.29 bits per heavy atom. The van der Waals surface area contributed by atoms with Gasteiger partial charge in [-0.25, -0.2) is 0 Å². The van der Waals surface area contributed by atoms with Crippen LogP contribution in [0.5, 0.6) is 0 Å². The van der Waals surface area contributed by atoms with Crippen LogP contribution in [-0.2, 0) is 4.79 Å². The highest BCUT2D eigenvalue weighted by atomic mass is 16.2. The summed E-state index contributed by atoms with van der Waals surface area (Å²) in [6.07, 6.45) is 6.95. The van der Waals surface area contributed by atoms with Gasteiger partial charge in [-0.1, -0.05) is 0 Å². The standard InChI is InChI=1S/C14H26N2O/c1-11(13-4-5-13)16(2)14(17)6-3-12-7-9-15-10-8-12/h11-13,15H,3-10H2,1-2H3. The highest BCUT2D eigenvalue weighted by molar-refractivity contribution is 5.76. The lowest BCUT2D eigenvalue weighted by atomic mass is 9.93. The van der Waals surface area contributed by atoms with E-state index in [0.717, 1.165) is 37.8 Å². The van der Waals surface area contributed by atoms with Gasteiger partial charge in [0.15, 0.2) is 0 Å². The summed E-state index contributed by atoms with van der Waals surface area (Å²) >= 11 is 0. The Kier molecular flexibility index (Phi) is 4.43. The zero-order valence-corrected chi connectivity index (χ0v) is 11.2. The first-order chi connectivity index (χ1) is 8.18. The molecule has 1 N–H and O–H groups in total. The smallest absolute Gasteiger partial charge is 0.222 e. The maximum atomic E-state index is 12.1. The van der Waals surface area contributed by atoms with Gasteiger partial charge in [0.25, 0.3) is 0 Å². The summed E-state index contributed by atoms with van der Waals surface area (Å²) in [5.74, 6) is 1.90. The maximum absolute atomic E-state index is 12.1. The molecule has 1 amide bonds. The van der Waals surface area contributed by atoms with Crippen molar-refractivity contribution in [2.45, 2.75) is 51.5 Å². The zero-order valence-electron chi connectivity index (χ0n) is 11.2. The lowest BCUT2D eigenvalue weighted by Crippen LogP contribution is -2.37. The van der Waals surface area contributed by atoms with Crippen LogP contribution in [0.4, 0.5) is 0 Å². The Hall–Kier alpha value is -0.570. The van der Waals surface area contributed by atoms with Crippen molar-refractivity contribution in [1.29, 1.82) is 0 Å². The van der Waals surface area contributed by atoms with Crippen LogP contribution in [0.3, 0.4) is 0 Å². The van der Waals surface area contributed by atoms with E-state index in [4.69, 9.17) is 0 Å². The van der Waals surface area contributed by atoms with Crippen LogP contribution in [0.1, 0.15) is 45.4 Å². The molecule has 2 rings (SSSR count). The first-order valence-electron chi connectivity index (χ1n) is 7.15. The minimum Gasteiger partial charge on any atom is -0.343 e. The summed E-state index contributed by atoms with van der Waals surface area (Å²) in [6, 6.07) is 0.454. The molecular formula is C14H26N2O. The van der Waals surface area contributed by atoms with E-state index < -0.39 is 0 Å². The third-order valence-corrected chi connectivity index (χ3v) is 4.53. The highest BCUT2D eigenvalue weighted by Gasteiger charge is 2.32. The fourth-order valence-corrected chi connectivity index (χ4v) is 2.80. The number of rotatable bonds is 5. The second-order valence-electron chi connectivity index (χ2n) is 5.81. The molecule has 3 heteroatoms. The van der Waals surface area contributed by atoms with Gasteiger partial charge in [0.2, 0.25) is 5.91 Å². The Labute approximate surface area is 105 Å². The molecule has 0 spiro atoms. The molecule has 3 nitrogen and oxygen atoms in total. The van der Waals surface area contributed by atoms with Crippen LogP contribution in [0, 0.1) is 11.8 Å². The number of amides is 1. The van der Waals surface area contributed by atoms with E-state index in [-0.39, 0.29) is 0 Å². The average molecular weight is 238 g/mol. The molecule has 98 valence electrons. The predicted molar refractivity (Wildman–Crippen MR) is 69.8 cm³/mol. The number of nitrogens with zero attached hydrogens (tertiary/aromatic N) is 1. The van der Waals surface area contributed by atoms with Crippen LogP contribution in [0.15, 0.2) is 0 Å². The second-order valence-corrected chi connectivity index (χ2v) is 5.81. The van der Waals surface area contributed by atoms with Gasteiger partial charge in [-0.05, 0) is 64.0 Å². The first-order valence-corrected chi connectivity index (χ1v) is 7.15. The number of hydrogen-bond acceptors (Lipinski definition) is 2. The normalized spacial score (nSPS) is 23.4. The molecule has 0 aromatic rings. The van der Waals surface area contributed by atoms with Crippen LogP contribution < -0.4 is 5.32 Å². The van der Waals surface area contributed by atoms with Crippen LogP contribution in [0.25, 0.3) is 0 Å². The Bertz CT molecular complexity index is 257. The molecule has 1 aliphatic heterocycles. The van der Waals surface area contributed by atoms with Gasteiger partial charge < -0.3 is 10.2 Å². The Balaban J connectivity index is 1.68. The van der Waals surface area contributed by atoms with Gasteiger partial charge >= 0.3 is 0 Å². The third-order valence-electron chi connectivity index (χ3n) is 4.53. The van der Waals surface area contributed by atoms with Gasteiger partial charge in [-0.15, -0.1) is 0 Å². The first kappa shape index (κ1) is 12.9. The van der Waals surface area contributed by atoms with E-state index in [1.807, 2.05) is 11.9 Å². The van der Waals surface area contributed by atoms with Crippen molar-refractivity contribution >= 4 is 5.91 Å². The van der Waals surface area contributed by atoms with E-state index in [1.54, 1.807) is 0 Å². The second kappa shape index (κ2) is 5.85. The molecule has 1 unspecified atom stereocenters. The van der Waals surface area contributed by atoms with Crippen LogP contribution in [-0.4, -0.2) is 37.0 Å². The van der Waals surface area contributed by atoms with Crippen molar-refractivity contribution in [2.75, 3.05) is 20.1 Å². The van der Waals surface area contributed by atoms with Gasteiger partial charge in [-0.2, -0.15) is 0 Å². The third kappa shape index (κ3) is 3.70. The highest BCUT2D eigenvalue weighted by Crippen LogP contribution is 2.35. The number of hydrogen-bond donors (Lipinski definition) is 1.